The Hall–Kier alpha value is -0.940. The van der Waals surface area contributed by atoms with Crippen LogP contribution in [0.4, 0.5) is 0 Å². The molecule has 2 aromatic carbocycles. The number of benzene rings is 2. The first-order valence-electron chi connectivity index (χ1n) is 6.67. The molecular formula is C16H13BrCl3NO2. The Bertz CT molecular complexity index is 645. The van der Waals surface area contributed by atoms with E-state index in [1.54, 1.807) is 24.3 Å². The van der Waals surface area contributed by atoms with E-state index in [4.69, 9.17) is 39.5 Å². The number of rotatable bonds is 5. The fourth-order valence-electron chi connectivity index (χ4n) is 1.81. The van der Waals surface area contributed by atoms with E-state index in [-0.39, 0.29) is 12.3 Å². The number of halogens is 4. The number of hydrogen-bond acceptors (Lipinski definition) is 2. The zero-order valence-corrected chi connectivity index (χ0v) is 15.7. The van der Waals surface area contributed by atoms with Crippen LogP contribution in [0.5, 0.6) is 5.75 Å². The third kappa shape index (κ3) is 6.22. The second-order valence-corrected chi connectivity index (χ2v) is 8.01. The van der Waals surface area contributed by atoms with Crippen LogP contribution >= 0.6 is 50.7 Å². The number of carbonyl (C=O) groups excluding carboxylic acids is 1. The molecule has 0 bridgehead atoms. The lowest BCUT2D eigenvalue weighted by Gasteiger charge is -2.26. The van der Waals surface area contributed by atoms with Gasteiger partial charge in [0.15, 0.2) is 0 Å². The second-order valence-electron chi connectivity index (χ2n) is 4.72. The first kappa shape index (κ1) is 18.4. The van der Waals surface area contributed by atoms with Gasteiger partial charge in [0.2, 0.25) is 15.9 Å². The van der Waals surface area contributed by atoms with E-state index in [2.05, 4.69) is 21.2 Å². The third-order valence-electron chi connectivity index (χ3n) is 2.86. The number of carbonyl (C=O) groups is 1. The summed E-state index contributed by atoms with van der Waals surface area (Å²) >= 11 is 21.1. The molecular weight excluding hydrogens is 424 g/mol. The molecule has 0 aliphatic carbocycles. The molecule has 2 aromatic rings. The molecule has 0 saturated carbocycles. The maximum Gasteiger partial charge on any atom is 0.246 e. The highest BCUT2D eigenvalue weighted by Crippen LogP contribution is 2.32. The van der Waals surface area contributed by atoms with Crippen LogP contribution in [0.25, 0.3) is 0 Å². The van der Waals surface area contributed by atoms with Gasteiger partial charge in [0.05, 0.1) is 6.42 Å². The van der Waals surface area contributed by atoms with Crippen LogP contribution in [0, 0.1) is 0 Å². The van der Waals surface area contributed by atoms with Gasteiger partial charge >= 0.3 is 0 Å². The maximum absolute atomic E-state index is 12.1. The average molecular weight is 438 g/mol. The molecule has 1 atom stereocenters. The molecule has 1 amide bonds. The Kier molecular flexibility index (Phi) is 6.60. The third-order valence-corrected chi connectivity index (χ3v) is 3.99. The van der Waals surface area contributed by atoms with E-state index in [9.17, 15) is 4.79 Å². The Balaban J connectivity index is 2.04. The van der Waals surface area contributed by atoms with Crippen molar-refractivity contribution in [3.8, 4) is 5.75 Å². The Morgan fingerprint density at radius 1 is 1.09 bits per heavy atom. The summed E-state index contributed by atoms with van der Waals surface area (Å²) in [6.45, 7) is 0. The molecule has 0 aliphatic heterocycles. The van der Waals surface area contributed by atoms with Crippen LogP contribution in [0.3, 0.4) is 0 Å². The minimum Gasteiger partial charge on any atom is -0.466 e. The molecule has 0 aromatic heterocycles. The average Bonchev–Trinajstić information content (AvgIpc) is 2.49. The van der Waals surface area contributed by atoms with Crippen molar-refractivity contribution in [1.29, 1.82) is 0 Å². The van der Waals surface area contributed by atoms with Gasteiger partial charge in [-0.05, 0) is 29.8 Å². The number of nitrogens with one attached hydrogen (secondary N) is 1. The van der Waals surface area contributed by atoms with E-state index < -0.39 is 10.0 Å². The molecule has 23 heavy (non-hydrogen) atoms. The second kappa shape index (κ2) is 8.25. The standard InChI is InChI=1S/C16H13BrCl3NO2/c17-12-6-8-13(9-7-12)23-15(16(18,19)20)21-14(22)10-11-4-2-1-3-5-11/h1-9,15H,10H2,(H,21,22)/t15-/m0/s1. The van der Waals surface area contributed by atoms with Crippen molar-refractivity contribution < 1.29 is 9.53 Å². The lowest BCUT2D eigenvalue weighted by atomic mass is 10.1. The van der Waals surface area contributed by atoms with Crippen molar-refractivity contribution in [3.63, 3.8) is 0 Å². The van der Waals surface area contributed by atoms with Crippen LogP contribution in [0.2, 0.25) is 0 Å². The van der Waals surface area contributed by atoms with Gasteiger partial charge in [-0.25, -0.2) is 0 Å². The molecule has 1 N–H and O–H groups in total. The highest BCUT2D eigenvalue weighted by Gasteiger charge is 2.36. The maximum atomic E-state index is 12.1. The van der Waals surface area contributed by atoms with Crippen LogP contribution in [-0.2, 0) is 11.2 Å². The summed E-state index contributed by atoms with van der Waals surface area (Å²) in [6, 6.07) is 16.3. The quantitative estimate of drug-likeness (QED) is 0.535. The molecule has 0 spiro atoms. The molecule has 0 heterocycles. The molecule has 0 fully saturated rings. The lowest BCUT2D eigenvalue weighted by Crippen LogP contribution is -2.48. The zero-order chi connectivity index (χ0) is 16.9. The summed E-state index contributed by atoms with van der Waals surface area (Å²) in [6.07, 6.45) is -0.938. The number of hydrogen-bond donors (Lipinski definition) is 1. The van der Waals surface area contributed by atoms with E-state index in [0.717, 1.165) is 10.0 Å². The summed E-state index contributed by atoms with van der Waals surface area (Å²) in [5.41, 5.74) is 0.858. The van der Waals surface area contributed by atoms with Gasteiger partial charge < -0.3 is 10.1 Å². The Morgan fingerprint density at radius 3 is 2.26 bits per heavy atom. The summed E-state index contributed by atoms with van der Waals surface area (Å²) in [5, 5.41) is 2.60. The van der Waals surface area contributed by atoms with Crippen LogP contribution in [-0.4, -0.2) is 15.9 Å². The smallest absolute Gasteiger partial charge is 0.246 e. The summed E-state index contributed by atoms with van der Waals surface area (Å²) in [5.74, 6) is 0.175. The van der Waals surface area contributed by atoms with Crippen molar-refractivity contribution in [2.45, 2.75) is 16.4 Å². The number of amides is 1. The fraction of sp³-hybridized carbons (Fsp3) is 0.188. The van der Waals surface area contributed by atoms with Gasteiger partial charge in [0.1, 0.15) is 5.75 Å². The molecule has 0 unspecified atom stereocenters. The number of ether oxygens (including phenoxy) is 1. The lowest BCUT2D eigenvalue weighted by molar-refractivity contribution is -0.122. The van der Waals surface area contributed by atoms with Crippen LogP contribution in [0.15, 0.2) is 59.1 Å². The van der Waals surface area contributed by atoms with E-state index in [0.29, 0.717) is 5.75 Å². The van der Waals surface area contributed by atoms with Crippen molar-refractivity contribution in [2.75, 3.05) is 0 Å². The molecule has 122 valence electrons. The van der Waals surface area contributed by atoms with Gasteiger partial charge in [-0.2, -0.15) is 0 Å². The first-order chi connectivity index (χ1) is 10.8. The van der Waals surface area contributed by atoms with E-state index in [1.807, 2.05) is 30.3 Å². The summed E-state index contributed by atoms with van der Waals surface area (Å²) in [4.78, 5) is 12.1. The molecule has 3 nitrogen and oxygen atoms in total. The zero-order valence-electron chi connectivity index (χ0n) is 11.8. The topological polar surface area (TPSA) is 38.3 Å². The van der Waals surface area contributed by atoms with Crippen LogP contribution < -0.4 is 10.1 Å². The van der Waals surface area contributed by atoms with Gasteiger partial charge in [0, 0.05) is 4.47 Å². The minimum atomic E-state index is -1.81. The van der Waals surface area contributed by atoms with Gasteiger partial charge in [0.25, 0.3) is 0 Å². The first-order valence-corrected chi connectivity index (χ1v) is 8.59. The highest BCUT2D eigenvalue weighted by molar-refractivity contribution is 9.10. The summed E-state index contributed by atoms with van der Waals surface area (Å²) < 4.78 is 4.68. The molecule has 0 aliphatic rings. The predicted octanol–water partition coefficient (Wildman–Crippen LogP) is 4.88. The largest absolute Gasteiger partial charge is 0.466 e. The van der Waals surface area contributed by atoms with E-state index >= 15 is 0 Å². The van der Waals surface area contributed by atoms with Crippen molar-refractivity contribution >= 4 is 56.6 Å². The van der Waals surface area contributed by atoms with Crippen molar-refractivity contribution in [1.82, 2.24) is 5.32 Å². The van der Waals surface area contributed by atoms with Gasteiger partial charge in [-0.15, -0.1) is 0 Å². The number of alkyl halides is 3. The normalized spacial score (nSPS) is 12.5. The van der Waals surface area contributed by atoms with E-state index in [1.165, 1.54) is 0 Å². The molecule has 7 heteroatoms. The monoisotopic (exact) mass is 435 g/mol. The molecule has 2 rings (SSSR count). The SMILES string of the molecule is O=C(Cc1ccccc1)N[C@@H](Oc1ccc(Br)cc1)C(Cl)(Cl)Cl. The summed E-state index contributed by atoms with van der Waals surface area (Å²) in [7, 11) is 0. The van der Waals surface area contributed by atoms with Crippen LogP contribution in [0.1, 0.15) is 5.56 Å². The minimum absolute atomic E-state index is 0.168. The van der Waals surface area contributed by atoms with Crippen molar-refractivity contribution in [2.24, 2.45) is 0 Å². The molecule has 0 radical (unpaired) electrons. The predicted molar refractivity (Wildman–Crippen MR) is 97.1 cm³/mol. The van der Waals surface area contributed by atoms with Gasteiger partial charge in [-0.1, -0.05) is 81.1 Å². The fourth-order valence-corrected chi connectivity index (χ4v) is 2.37. The Morgan fingerprint density at radius 2 is 1.70 bits per heavy atom. The molecule has 0 saturated heterocycles. The van der Waals surface area contributed by atoms with Gasteiger partial charge in [-0.3, -0.25) is 4.79 Å². The Labute approximate surface area is 158 Å². The highest BCUT2D eigenvalue weighted by atomic mass is 79.9. The van der Waals surface area contributed by atoms with Crippen molar-refractivity contribution in [3.05, 3.63) is 64.6 Å².